The van der Waals surface area contributed by atoms with Gasteiger partial charge in [-0.1, -0.05) is 13.8 Å². The van der Waals surface area contributed by atoms with Gasteiger partial charge in [0.05, 0.1) is 0 Å². The van der Waals surface area contributed by atoms with Crippen LogP contribution in [0.3, 0.4) is 0 Å². The number of rotatable bonds is 3. The monoisotopic (exact) mass is 197 g/mol. The third-order valence-corrected chi connectivity index (χ3v) is 1.88. The highest BCUT2D eigenvalue weighted by atomic mass is 16.1. The number of aromatic nitrogens is 3. The van der Waals surface area contributed by atoms with E-state index in [1.54, 1.807) is 14.1 Å². The van der Waals surface area contributed by atoms with Gasteiger partial charge in [-0.3, -0.25) is 4.79 Å². The zero-order chi connectivity index (χ0) is 10.7. The first-order valence-corrected chi connectivity index (χ1v) is 4.47. The second kappa shape index (κ2) is 4.08. The molecule has 78 valence electrons. The fraction of sp³-hybridized carbons (Fsp3) is 0.625. The number of nitrogens with zero attached hydrogens (tertiary/aromatic N) is 3. The van der Waals surface area contributed by atoms with Gasteiger partial charge in [-0.05, 0) is 0 Å². The molecule has 0 aliphatic carbocycles. The average molecular weight is 197 g/mol. The molecule has 0 amide bonds. The summed E-state index contributed by atoms with van der Waals surface area (Å²) in [5, 5.41) is 10.5. The zero-order valence-corrected chi connectivity index (χ0v) is 8.83. The van der Waals surface area contributed by atoms with E-state index in [2.05, 4.69) is 20.9 Å². The van der Waals surface area contributed by atoms with Gasteiger partial charge in [-0.15, -0.1) is 10.2 Å². The van der Waals surface area contributed by atoms with Gasteiger partial charge in [-0.25, -0.2) is 0 Å². The number of hydrogen-bond donors (Lipinski definition) is 2. The number of hydrogen-bond acceptors (Lipinski definition) is 5. The first kappa shape index (κ1) is 10.5. The average Bonchev–Trinajstić information content (AvgIpc) is 2.16. The van der Waals surface area contributed by atoms with Gasteiger partial charge in [0, 0.05) is 20.0 Å². The molecule has 1 rings (SSSR count). The molecular formula is C8H15N5O. The molecule has 0 spiro atoms. The smallest absolute Gasteiger partial charge is 0.295 e. The van der Waals surface area contributed by atoms with Crippen molar-refractivity contribution in [2.75, 3.05) is 24.8 Å². The van der Waals surface area contributed by atoms with Gasteiger partial charge in [-0.2, -0.15) is 4.68 Å². The van der Waals surface area contributed by atoms with E-state index in [-0.39, 0.29) is 11.5 Å². The van der Waals surface area contributed by atoms with Crippen LogP contribution in [0.5, 0.6) is 0 Å². The fourth-order valence-electron chi connectivity index (χ4n) is 1.13. The standard InChI is InChI=1S/C8H15N5O/c1-5(2)6-7(14)13(10-4)8(9-3)12-11-6/h5,10H,1-4H3,(H,9,12). The van der Waals surface area contributed by atoms with E-state index in [0.717, 1.165) is 0 Å². The molecule has 0 atom stereocenters. The highest BCUT2D eigenvalue weighted by molar-refractivity contribution is 5.24. The number of nitrogens with one attached hydrogen (secondary N) is 2. The van der Waals surface area contributed by atoms with Gasteiger partial charge in [0.1, 0.15) is 5.69 Å². The Balaban J connectivity index is 3.35. The van der Waals surface area contributed by atoms with Crippen LogP contribution in [0.4, 0.5) is 5.95 Å². The largest absolute Gasteiger partial charge is 0.356 e. The van der Waals surface area contributed by atoms with Gasteiger partial charge in [0.15, 0.2) is 0 Å². The summed E-state index contributed by atoms with van der Waals surface area (Å²) in [6.45, 7) is 3.81. The second-order valence-electron chi connectivity index (χ2n) is 3.18. The van der Waals surface area contributed by atoms with Crippen molar-refractivity contribution < 1.29 is 0 Å². The van der Waals surface area contributed by atoms with Gasteiger partial charge >= 0.3 is 0 Å². The van der Waals surface area contributed by atoms with Gasteiger partial charge in [0.25, 0.3) is 5.56 Å². The predicted octanol–water partition coefficient (Wildman–Crippen LogP) is -0.0233. The summed E-state index contributed by atoms with van der Waals surface area (Å²) in [6, 6.07) is 0. The maximum atomic E-state index is 11.8. The lowest BCUT2D eigenvalue weighted by molar-refractivity contribution is 0.702. The molecular weight excluding hydrogens is 182 g/mol. The van der Waals surface area contributed by atoms with Crippen LogP contribution in [0.15, 0.2) is 4.79 Å². The minimum Gasteiger partial charge on any atom is -0.356 e. The first-order valence-electron chi connectivity index (χ1n) is 4.47. The number of anilines is 1. The molecule has 1 heterocycles. The van der Waals surface area contributed by atoms with Crippen molar-refractivity contribution in [3.8, 4) is 0 Å². The van der Waals surface area contributed by atoms with Gasteiger partial charge in [0.2, 0.25) is 5.95 Å². The minimum atomic E-state index is -0.165. The molecule has 0 saturated carbocycles. The van der Waals surface area contributed by atoms with Crippen LogP contribution >= 0.6 is 0 Å². The van der Waals surface area contributed by atoms with E-state index in [0.29, 0.717) is 11.6 Å². The van der Waals surface area contributed by atoms with E-state index in [1.165, 1.54) is 4.68 Å². The SMILES string of the molecule is CNc1nnc(C(C)C)c(=O)n1NC. The maximum absolute atomic E-state index is 11.8. The van der Waals surface area contributed by atoms with Crippen LogP contribution in [0.2, 0.25) is 0 Å². The van der Waals surface area contributed by atoms with Gasteiger partial charge < -0.3 is 10.7 Å². The summed E-state index contributed by atoms with van der Waals surface area (Å²) in [4.78, 5) is 11.8. The van der Waals surface area contributed by atoms with Crippen molar-refractivity contribution in [1.82, 2.24) is 14.9 Å². The molecule has 2 N–H and O–H groups in total. The normalized spacial score (nSPS) is 10.4. The summed E-state index contributed by atoms with van der Waals surface area (Å²) in [6.07, 6.45) is 0. The Morgan fingerprint density at radius 1 is 1.29 bits per heavy atom. The molecule has 1 aromatic heterocycles. The Hall–Kier alpha value is -1.59. The molecule has 0 saturated heterocycles. The van der Waals surface area contributed by atoms with Crippen LogP contribution in [0.25, 0.3) is 0 Å². The maximum Gasteiger partial charge on any atom is 0.295 e. The summed E-state index contributed by atoms with van der Waals surface area (Å²) in [5.41, 5.74) is 3.04. The molecule has 0 bridgehead atoms. The molecule has 0 radical (unpaired) electrons. The van der Waals surface area contributed by atoms with Crippen molar-refractivity contribution >= 4 is 5.95 Å². The van der Waals surface area contributed by atoms with Crippen LogP contribution in [0.1, 0.15) is 25.5 Å². The Bertz CT molecular complexity index is 370. The predicted molar refractivity (Wildman–Crippen MR) is 55.2 cm³/mol. The van der Waals surface area contributed by atoms with E-state index < -0.39 is 0 Å². The van der Waals surface area contributed by atoms with Crippen LogP contribution in [-0.4, -0.2) is 29.0 Å². The Morgan fingerprint density at radius 2 is 1.93 bits per heavy atom. The molecule has 0 aliphatic rings. The first-order chi connectivity index (χ1) is 6.61. The molecule has 6 nitrogen and oxygen atoms in total. The van der Waals surface area contributed by atoms with E-state index in [9.17, 15) is 4.79 Å². The van der Waals surface area contributed by atoms with Crippen LogP contribution in [-0.2, 0) is 0 Å². The quantitative estimate of drug-likeness (QED) is 0.712. The molecule has 14 heavy (non-hydrogen) atoms. The molecule has 0 unspecified atom stereocenters. The van der Waals surface area contributed by atoms with Crippen molar-refractivity contribution in [2.24, 2.45) is 0 Å². The van der Waals surface area contributed by atoms with Crippen molar-refractivity contribution in [1.29, 1.82) is 0 Å². The van der Waals surface area contributed by atoms with Crippen molar-refractivity contribution in [3.63, 3.8) is 0 Å². The lowest BCUT2D eigenvalue weighted by Gasteiger charge is -2.11. The molecule has 0 aromatic carbocycles. The molecule has 6 heteroatoms. The van der Waals surface area contributed by atoms with Crippen molar-refractivity contribution in [3.05, 3.63) is 16.0 Å². The molecule has 0 aliphatic heterocycles. The van der Waals surface area contributed by atoms with Crippen molar-refractivity contribution in [2.45, 2.75) is 19.8 Å². The summed E-state index contributed by atoms with van der Waals surface area (Å²) < 4.78 is 1.34. The van der Waals surface area contributed by atoms with E-state index >= 15 is 0 Å². The molecule has 0 fully saturated rings. The van der Waals surface area contributed by atoms with Crippen LogP contribution in [0, 0.1) is 0 Å². The third-order valence-electron chi connectivity index (χ3n) is 1.88. The third kappa shape index (κ3) is 1.68. The Kier molecular flexibility index (Phi) is 3.06. The highest BCUT2D eigenvalue weighted by Gasteiger charge is 2.12. The summed E-state index contributed by atoms with van der Waals surface area (Å²) in [7, 11) is 3.35. The van der Waals surface area contributed by atoms with Crippen LogP contribution < -0.4 is 16.3 Å². The van der Waals surface area contributed by atoms with E-state index in [1.807, 2.05) is 13.8 Å². The lowest BCUT2D eigenvalue weighted by Crippen LogP contribution is -2.33. The topological polar surface area (TPSA) is 71.8 Å². The fourth-order valence-corrected chi connectivity index (χ4v) is 1.13. The minimum absolute atomic E-state index is 0.0699. The Morgan fingerprint density at radius 3 is 2.36 bits per heavy atom. The second-order valence-corrected chi connectivity index (χ2v) is 3.18. The van der Waals surface area contributed by atoms with E-state index in [4.69, 9.17) is 0 Å². The summed E-state index contributed by atoms with van der Waals surface area (Å²) in [5.74, 6) is 0.474. The zero-order valence-electron chi connectivity index (χ0n) is 8.83. The summed E-state index contributed by atoms with van der Waals surface area (Å²) >= 11 is 0. The highest BCUT2D eigenvalue weighted by Crippen LogP contribution is 2.05. The molecule has 1 aromatic rings. The Labute approximate surface area is 82.3 Å². The lowest BCUT2D eigenvalue weighted by atomic mass is 10.1.